The second-order valence-electron chi connectivity index (χ2n) is 7.15. The molecule has 4 rings (SSSR count). The van der Waals surface area contributed by atoms with E-state index in [0.29, 0.717) is 35.3 Å². The molecule has 0 spiro atoms. The third-order valence-electron chi connectivity index (χ3n) is 5.20. The van der Waals surface area contributed by atoms with Crippen molar-refractivity contribution >= 4 is 22.5 Å². The van der Waals surface area contributed by atoms with E-state index in [4.69, 9.17) is 0 Å². The van der Waals surface area contributed by atoms with Crippen LogP contribution >= 0.6 is 0 Å². The molecule has 1 amide bonds. The Balaban J connectivity index is 1.60. The maximum absolute atomic E-state index is 13.2. The topological polar surface area (TPSA) is 64.0 Å². The van der Waals surface area contributed by atoms with Gasteiger partial charge in [-0.25, -0.2) is 9.07 Å². The van der Waals surface area contributed by atoms with E-state index < -0.39 is 10.8 Å². The van der Waals surface area contributed by atoms with Gasteiger partial charge in [-0.2, -0.15) is 5.10 Å². The molecule has 1 N–H and O–H groups in total. The van der Waals surface area contributed by atoms with Gasteiger partial charge in [-0.1, -0.05) is 19.3 Å². The summed E-state index contributed by atoms with van der Waals surface area (Å²) in [5.41, 5.74) is 2.27. The first-order valence-electron chi connectivity index (χ1n) is 9.11. The average Bonchev–Trinajstić information content (AvgIpc) is 3.14. The van der Waals surface area contributed by atoms with Crippen molar-refractivity contribution in [2.45, 2.75) is 50.0 Å². The van der Waals surface area contributed by atoms with E-state index in [2.05, 4.69) is 10.4 Å². The zero-order valence-corrected chi connectivity index (χ0v) is 15.4. The molecule has 1 aromatic carbocycles. The number of halogens is 1. The molecule has 1 atom stereocenters. The highest BCUT2D eigenvalue weighted by molar-refractivity contribution is 7.83. The Hall–Kier alpha value is -2.02. The van der Waals surface area contributed by atoms with Crippen molar-refractivity contribution in [3.8, 4) is 5.69 Å². The van der Waals surface area contributed by atoms with Crippen molar-refractivity contribution in [2.24, 2.45) is 5.92 Å². The number of nitrogens with one attached hydrogen (secondary N) is 1. The molecule has 1 aromatic heterocycles. The van der Waals surface area contributed by atoms with Gasteiger partial charge in [0, 0.05) is 22.8 Å². The molecule has 0 unspecified atom stereocenters. The van der Waals surface area contributed by atoms with Crippen LogP contribution in [-0.2, 0) is 27.1 Å². The predicted molar refractivity (Wildman–Crippen MR) is 98.9 cm³/mol. The minimum Gasteiger partial charge on any atom is -0.310 e. The lowest BCUT2D eigenvalue weighted by Gasteiger charge is -2.21. The first kappa shape index (κ1) is 17.4. The number of hydrogen-bond acceptors (Lipinski definition) is 3. The average molecular weight is 375 g/mol. The van der Waals surface area contributed by atoms with Crippen LogP contribution in [0.5, 0.6) is 0 Å². The second-order valence-corrected chi connectivity index (χ2v) is 8.60. The Labute approximate surface area is 154 Å². The Kier molecular flexibility index (Phi) is 4.89. The van der Waals surface area contributed by atoms with E-state index in [1.807, 2.05) is 0 Å². The van der Waals surface area contributed by atoms with E-state index in [1.165, 1.54) is 31.4 Å². The molecule has 2 aromatic rings. The number of carbonyl (C=O) groups excluding carboxylic acids is 1. The highest BCUT2D eigenvalue weighted by atomic mass is 32.2. The third kappa shape index (κ3) is 3.58. The molecule has 1 aliphatic carbocycles. The van der Waals surface area contributed by atoms with Gasteiger partial charge >= 0.3 is 0 Å². The van der Waals surface area contributed by atoms with Gasteiger partial charge in [0.05, 0.1) is 22.9 Å². The van der Waals surface area contributed by atoms with E-state index >= 15 is 0 Å². The van der Waals surface area contributed by atoms with E-state index in [1.54, 1.807) is 16.8 Å². The van der Waals surface area contributed by atoms with Crippen molar-refractivity contribution < 1.29 is 13.4 Å². The molecular formula is C19H22FN3O2S. The zero-order valence-electron chi connectivity index (χ0n) is 14.5. The summed E-state index contributed by atoms with van der Waals surface area (Å²) < 4.78 is 26.8. The van der Waals surface area contributed by atoms with Crippen LogP contribution in [0.25, 0.3) is 5.69 Å². The molecule has 7 heteroatoms. The maximum atomic E-state index is 13.2. The standard InChI is InChI=1S/C19H22FN3O2S/c20-14-6-8-15(9-7-14)23-19(16-11-26(25)12-17(16)22-23)21-18(24)10-13-4-2-1-3-5-13/h6-9,13H,1-5,10-12H2,(H,21,24)/t26-/m0/s1. The summed E-state index contributed by atoms with van der Waals surface area (Å²) in [5.74, 6) is 1.47. The van der Waals surface area contributed by atoms with E-state index in [-0.39, 0.29) is 11.7 Å². The normalized spacial score (nSPS) is 20.1. The molecule has 138 valence electrons. The van der Waals surface area contributed by atoms with Crippen LogP contribution in [0.2, 0.25) is 0 Å². The molecule has 2 heterocycles. The summed E-state index contributed by atoms with van der Waals surface area (Å²) in [4.78, 5) is 12.6. The summed E-state index contributed by atoms with van der Waals surface area (Å²) >= 11 is 0. The SMILES string of the molecule is O=C(CC1CCCCC1)Nc1c2c(nn1-c1ccc(F)cc1)C[S@@](=O)C2. The van der Waals surface area contributed by atoms with Crippen molar-refractivity contribution in [1.29, 1.82) is 0 Å². The third-order valence-corrected chi connectivity index (χ3v) is 6.40. The van der Waals surface area contributed by atoms with Gasteiger partial charge in [-0.05, 0) is 43.0 Å². The number of aromatic nitrogens is 2. The van der Waals surface area contributed by atoms with Crippen molar-refractivity contribution in [3.63, 3.8) is 0 Å². The van der Waals surface area contributed by atoms with Crippen LogP contribution in [-0.4, -0.2) is 19.9 Å². The quantitative estimate of drug-likeness (QED) is 0.887. The van der Waals surface area contributed by atoms with Crippen molar-refractivity contribution in [1.82, 2.24) is 9.78 Å². The molecule has 0 saturated heterocycles. The van der Waals surface area contributed by atoms with Crippen molar-refractivity contribution in [3.05, 3.63) is 41.3 Å². The Morgan fingerprint density at radius 1 is 1.19 bits per heavy atom. The number of benzene rings is 1. The van der Waals surface area contributed by atoms with Gasteiger partial charge < -0.3 is 5.32 Å². The predicted octanol–water partition coefficient (Wildman–Crippen LogP) is 3.68. The molecule has 2 aliphatic rings. The summed E-state index contributed by atoms with van der Waals surface area (Å²) in [6.07, 6.45) is 6.36. The van der Waals surface area contributed by atoms with Gasteiger partial charge in [0.25, 0.3) is 0 Å². The highest BCUT2D eigenvalue weighted by Crippen LogP contribution is 2.32. The first-order valence-corrected chi connectivity index (χ1v) is 10.6. The lowest BCUT2D eigenvalue weighted by atomic mass is 9.87. The van der Waals surface area contributed by atoms with Gasteiger partial charge in [0.15, 0.2) is 0 Å². The van der Waals surface area contributed by atoms with Gasteiger partial charge in [0.2, 0.25) is 5.91 Å². The fraction of sp³-hybridized carbons (Fsp3) is 0.474. The lowest BCUT2D eigenvalue weighted by molar-refractivity contribution is -0.117. The van der Waals surface area contributed by atoms with Crippen LogP contribution in [0.4, 0.5) is 10.2 Å². The summed E-state index contributed by atoms with van der Waals surface area (Å²) in [6, 6.07) is 6.00. The molecule has 1 aliphatic heterocycles. The van der Waals surface area contributed by atoms with Gasteiger partial charge in [0.1, 0.15) is 11.6 Å². The summed E-state index contributed by atoms with van der Waals surface area (Å²) in [7, 11) is -0.975. The second kappa shape index (κ2) is 7.31. The van der Waals surface area contributed by atoms with E-state index in [0.717, 1.165) is 24.1 Å². The molecular weight excluding hydrogens is 353 g/mol. The fourth-order valence-corrected chi connectivity index (χ4v) is 5.13. The van der Waals surface area contributed by atoms with Gasteiger partial charge in [-0.3, -0.25) is 9.00 Å². The Morgan fingerprint density at radius 3 is 2.65 bits per heavy atom. The van der Waals surface area contributed by atoms with Crippen LogP contribution in [0.15, 0.2) is 24.3 Å². The van der Waals surface area contributed by atoms with Crippen LogP contribution < -0.4 is 5.32 Å². The van der Waals surface area contributed by atoms with Crippen molar-refractivity contribution in [2.75, 3.05) is 5.32 Å². The number of nitrogens with zero attached hydrogens (tertiary/aromatic N) is 2. The monoisotopic (exact) mass is 375 g/mol. The minimum absolute atomic E-state index is 0.0272. The number of amides is 1. The molecule has 1 fully saturated rings. The van der Waals surface area contributed by atoms with Crippen LogP contribution in [0.1, 0.15) is 49.8 Å². The molecule has 5 nitrogen and oxygen atoms in total. The lowest BCUT2D eigenvalue weighted by Crippen LogP contribution is -2.20. The number of fused-ring (bicyclic) bond motifs is 1. The minimum atomic E-state index is -0.975. The number of carbonyl (C=O) groups is 1. The fourth-order valence-electron chi connectivity index (χ4n) is 3.86. The van der Waals surface area contributed by atoms with Crippen LogP contribution in [0, 0.1) is 11.7 Å². The zero-order chi connectivity index (χ0) is 18.1. The largest absolute Gasteiger partial charge is 0.310 e. The molecule has 0 bridgehead atoms. The van der Waals surface area contributed by atoms with E-state index in [9.17, 15) is 13.4 Å². The maximum Gasteiger partial charge on any atom is 0.225 e. The highest BCUT2D eigenvalue weighted by Gasteiger charge is 2.29. The number of hydrogen-bond donors (Lipinski definition) is 1. The van der Waals surface area contributed by atoms with Gasteiger partial charge in [-0.15, -0.1) is 0 Å². The summed E-state index contributed by atoms with van der Waals surface area (Å²) in [5, 5.41) is 7.53. The molecule has 0 radical (unpaired) electrons. The number of anilines is 1. The number of rotatable bonds is 4. The Morgan fingerprint density at radius 2 is 1.92 bits per heavy atom. The smallest absolute Gasteiger partial charge is 0.225 e. The molecule has 1 saturated carbocycles. The summed E-state index contributed by atoms with van der Waals surface area (Å²) in [6.45, 7) is 0. The Bertz CT molecular complexity index is 841. The first-order chi connectivity index (χ1) is 12.6. The molecule has 26 heavy (non-hydrogen) atoms. The van der Waals surface area contributed by atoms with Crippen LogP contribution in [0.3, 0.4) is 0 Å².